The first-order valence-corrected chi connectivity index (χ1v) is 21.0. The number of hydrogen-bond acceptors (Lipinski definition) is 5. The molecule has 22 heteroatoms. The van der Waals surface area contributed by atoms with Crippen LogP contribution in [0.1, 0.15) is 27.8 Å². The summed E-state index contributed by atoms with van der Waals surface area (Å²) in [7, 11) is 0. The molecule has 57 heavy (non-hydrogen) atoms. The smallest absolute Gasteiger partial charge is 1.00 e. The van der Waals surface area contributed by atoms with Crippen molar-refractivity contribution in [2.75, 3.05) is 0 Å². The summed E-state index contributed by atoms with van der Waals surface area (Å²) >= 11 is -8.71. The SMILES string of the molecule is FC(F)(F)c1cccc([O][W+]([O]c2cccc(C(F)(F)F)c2)([O]c2cccc(C(F)(F)F)c2)([O]c2cccc(C(F)(F)F)c2)[O]c2cccc(C(F)(F)F)c2)c1.[Cl-]. The molecule has 0 aromatic heterocycles. The molecule has 0 unspecified atom stereocenters. The minimum absolute atomic E-state index is 0. The third kappa shape index (κ3) is 11.1. The van der Waals surface area contributed by atoms with E-state index in [2.05, 4.69) is 0 Å². The monoisotopic (exact) mass is 1020 g/mol. The predicted octanol–water partition coefficient (Wildman–Crippen LogP) is 9.74. The van der Waals surface area contributed by atoms with E-state index in [1.807, 2.05) is 0 Å². The molecule has 0 saturated heterocycles. The maximum atomic E-state index is 13.9. The van der Waals surface area contributed by atoms with Crippen molar-refractivity contribution in [2.24, 2.45) is 0 Å². The topological polar surface area (TPSA) is 46.2 Å². The van der Waals surface area contributed by atoms with Crippen LogP contribution in [0.3, 0.4) is 0 Å². The van der Waals surface area contributed by atoms with E-state index in [0.717, 1.165) is 0 Å². The van der Waals surface area contributed by atoms with Crippen LogP contribution in [0.2, 0.25) is 0 Å². The van der Waals surface area contributed by atoms with Crippen molar-refractivity contribution in [2.45, 2.75) is 30.9 Å². The number of benzene rings is 5. The molecule has 0 heterocycles. The summed E-state index contributed by atoms with van der Waals surface area (Å²) in [4.78, 5) is 0. The minimum atomic E-state index is -8.71. The second-order valence-corrected chi connectivity index (χ2v) is 19.1. The number of rotatable bonds is 10. The second kappa shape index (κ2) is 15.8. The van der Waals surface area contributed by atoms with Gasteiger partial charge in [0.15, 0.2) is 0 Å². The average Bonchev–Trinajstić information content (AvgIpc) is 3.07. The molecule has 0 aliphatic carbocycles. The Balaban J connectivity index is 0.00000720. The van der Waals surface area contributed by atoms with Gasteiger partial charge in [-0.05, 0) is 0 Å². The van der Waals surface area contributed by atoms with Crippen molar-refractivity contribution in [1.82, 2.24) is 0 Å². The van der Waals surface area contributed by atoms with E-state index in [9.17, 15) is 65.9 Å². The van der Waals surface area contributed by atoms with E-state index in [1.54, 1.807) is 0 Å². The van der Waals surface area contributed by atoms with Crippen LogP contribution in [0.5, 0.6) is 28.7 Å². The predicted molar refractivity (Wildman–Crippen MR) is 160 cm³/mol. The molecule has 0 fully saturated rings. The van der Waals surface area contributed by atoms with Gasteiger partial charge in [0.25, 0.3) is 0 Å². The van der Waals surface area contributed by atoms with Crippen LogP contribution in [-0.2, 0) is 47.6 Å². The van der Waals surface area contributed by atoms with E-state index in [0.29, 0.717) is 91.0 Å². The Morgan fingerprint density at radius 3 is 0.579 bits per heavy atom. The van der Waals surface area contributed by atoms with Crippen LogP contribution in [0.15, 0.2) is 121 Å². The van der Waals surface area contributed by atoms with Crippen molar-refractivity contribution in [3.63, 3.8) is 0 Å². The van der Waals surface area contributed by atoms with Crippen LogP contribution < -0.4 is 29.4 Å². The molecule has 0 bridgehead atoms. The summed E-state index contributed by atoms with van der Waals surface area (Å²) in [6.45, 7) is 0. The summed E-state index contributed by atoms with van der Waals surface area (Å²) in [5, 5.41) is 0. The first kappa shape index (κ1) is 44.7. The molecule has 0 amide bonds. The standard InChI is InChI=1S/5C7H5F3O.ClH.W/c5*8-7(9,10)5-2-1-3-6(11)4-5;;/h5*1-4,11H;1H;/q;;;;;;+6/p-6. The Kier molecular flexibility index (Phi) is 12.4. The fourth-order valence-corrected chi connectivity index (χ4v) is 13.3. The Bertz CT molecular complexity index is 1820. The van der Waals surface area contributed by atoms with E-state index in [4.69, 9.17) is 17.0 Å². The molecule has 0 atom stereocenters. The summed E-state index contributed by atoms with van der Waals surface area (Å²) in [5.74, 6) is -5.47. The summed E-state index contributed by atoms with van der Waals surface area (Å²) in [5.41, 5.74) is -7.56. The van der Waals surface area contributed by atoms with Crippen molar-refractivity contribution in [3.8, 4) is 28.7 Å². The zero-order valence-corrected chi connectivity index (χ0v) is 31.2. The zero-order chi connectivity index (χ0) is 41.4. The molecule has 0 radical (unpaired) electrons. The Morgan fingerprint density at radius 1 is 0.281 bits per heavy atom. The molecule has 0 saturated carbocycles. The van der Waals surface area contributed by atoms with Gasteiger partial charge in [-0.15, -0.1) is 0 Å². The summed E-state index contributed by atoms with van der Waals surface area (Å²) < 4.78 is 238. The largest absolute Gasteiger partial charge is 1.00 e. The molecule has 5 aromatic carbocycles. The van der Waals surface area contributed by atoms with Crippen molar-refractivity contribution in [3.05, 3.63) is 149 Å². The number of halogens is 16. The molecular weight excluding hydrogens is 1000 g/mol. The second-order valence-electron chi connectivity index (χ2n) is 11.2. The van der Waals surface area contributed by atoms with E-state index in [1.165, 1.54) is 0 Å². The molecule has 5 aromatic rings. The first-order chi connectivity index (χ1) is 25.7. The number of hydrogen-bond donors (Lipinski definition) is 0. The first-order valence-electron chi connectivity index (χ1n) is 15.0. The molecule has 0 N–H and O–H groups in total. The van der Waals surface area contributed by atoms with Crippen LogP contribution in [0.4, 0.5) is 65.9 Å². The summed E-state index contributed by atoms with van der Waals surface area (Å²) in [6, 6.07) is 10.4. The maximum absolute atomic E-state index is 13.9. The maximum Gasteiger partial charge on any atom is -1.00 e. The Labute approximate surface area is 320 Å². The number of alkyl halides is 15. The van der Waals surface area contributed by atoms with Crippen molar-refractivity contribution < 1.29 is 112 Å². The van der Waals surface area contributed by atoms with E-state index in [-0.39, 0.29) is 42.7 Å². The fraction of sp³-hybridized carbons (Fsp3) is 0.143. The van der Waals surface area contributed by atoms with Crippen molar-refractivity contribution >= 4 is 0 Å². The minimum Gasteiger partial charge on any atom is -1.00 e. The summed E-state index contributed by atoms with van der Waals surface area (Å²) in [6.07, 6.45) is -25.8. The van der Waals surface area contributed by atoms with E-state index < -0.39 is 104 Å². The quantitative estimate of drug-likeness (QED) is 0.131. The normalized spacial score (nSPS) is 13.4. The molecule has 0 aliphatic heterocycles. The van der Waals surface area contributed by atoms with Gasteiger partial charge in [-0.3, -0.25) is 0 Å². The van der Waals surface area contributed by atoms with Gasteiger partial charge in [0.2, 0.25) is 0 Å². The van der Waals surface area contributed by atoms with Gasteiger partial charge in [0.1, 0.15) is 0 Å². The van der Waals surface area contributed by atoms with Gasteiger partial charge in [0, 0.05) is 0 Å². The van der Waals surface area contributed by atoms with Gasteiger partial charge in [0.05, 0.1) is 0 Å². The molecule has 0 aliphatic rings. The van der Waals surface area contributed by atoms with E-state index >= 15 is 0 Å². The van der Waals surface area contributed by atoms with Crippen molar-refractivity contribution in [1.29, 1.82) is 0 Å². The molecule has 5 nitrogen and oxygen atoms in total. The van der Waals surface area contributed by atoms with Gasteiger partial charge >= 0.3 is 308 Å². The van der Waals surface area contributed by atoms with Gasteiger partial charge in [-0.2, -0.15) is 0 Å². The van der Waals surface area contributed by atoms with Crippen LogP contribution in [-0.4, -0.2) is 0 Å². The van der Waals surface area contributed by atoms with Gasteiger partial charge < -0.3 is 12.4 Å². The van der Waals surface area contributed by atoms with Gasteiger partial charge in [-0.1, -0.05) is 0 Å². The molecule has 5 rings (SSSR count). The molecule has 308 valence electrons. The third-order valence-electron chi connectivity index (χ3n) is 6.97. The Hall–Kier alpha value is -4.97. The molecule has 0 spiro atoms. The van der Waals surface area contributed by atoms with Crippen LogP contribution in [0, 0.1) is 0 Å². The van der Waals surface area contributed by atoms with Crippen LogP contribution in [0.25, 0.3) is 0 Å². The van der Waals surface area contributed by atoms with Gasteiger partial charge in [-0.25, -0.2) is 0 Å². The average molecular weight is 1020 g/mol. The van der Waals surface area contributed by atoms with Crippen LogP contribution >= 0.6 is 0 Å². The fourth-order valence-electron chi connectivity index (χ4n) is 4.58. The zero-order valence-electron chi connectivity index (χ0n) is 27.5. The molecular formula is C35H20ClF15O5W. The Morgan fingerprint density at radius 2 is 0.439 bits per heavy atom. The third-order valence-corrected chi connectivity index (χ3v) is 15.3.